The Morgan fingerprint density at radius 1 is 1.05 bits per heavy atom. The van der Waals surface area contributed by atoms with Gasteiger partial charge in [-0.2, -0.15) is 13.2 Å². The zero-order chi connectivity index (χ0) is 29.9. The second-order valence-electron chi connectivity index (χ2n) is 10.6. The third-order valence-corrected chi connectivity index (χ3v) is 8.61. The van der Waals surface area contributed by atoms with Crippen LogP contribution in [-0.2, 0) is 10.2 Å². The third-order valence-electron chi connectivity index (χ3n) is 8.61. The summed E-state index contributed by atoms with van der Waals surface area (Å²) < 4.78 is 47.5. The zero-order valence-corrected chi connectivity index (χ0v) is 25.2. The molecule has 3 atom stereocenters. The van der Waals surface area contributed by atoms with E-state index in [0.29, 0.717) is 47.0 Å². The molecule has 7 nitrogen and oxygen atoms in total. The lowest BCUT2D eigenvalue weighted by molar-refractivity contribution is -0.167. The van der Waals surface area contributed by atoms with E-state index in [9.17, 15) is 13.2 Å². The van der Waals surface area contributed by atoms with Gasteiger partial charge in [0.25, 0.3) is 0 Å². The highest BCUT2D eigenvalue weighted by atomic mass is 19.4. The van der Waals surface area contributed by atoms with Crippen LogP contribution < -0.4 is 5.73 Å². The average molecular weight is 563 g/mol. The van der Waals surface area contributed by atoms with Crippen molar-refractivity contribution in [2.45, 2.75) is 111 Å². The molecule has 2 aromatic heterocycles. The number of nitrogens with two attached hydrogens (primary N) is 1. The lowest BCUT2D eigenvalue weighted by Crippen LogP contribution is -2.30. The van der Waals surface area contributed by atoms with Crippen molar-refractivity contribution < 1.29 is 17.9 Å². The van der Waals surface area contributed by atoms with Crippen LogP contribution in [-0.4, -0.2) is 51.6 Å². The van der Waals surface area contributed by atoms with Gasteiger partial charge in [-0.25, -0.2) is 19.9 Å². The Kier molecular flexibility index (Phi) is 9.96. The van der Waals surface area contributed by atoms with Crippen LogP contribution in [0, 0.1) is 25.2 Å². The van der Waals surface area contributed by atoms with E-state index in [1.807, 2.05) is 54.5 Å². The summed E-state index contributed by atoms with van der Waals surface area (Å²) >= 11 is 0. The fourth-order valence-corrected chi connectivity index (χ4v) is 5.98. The van der Waals surface area contributed by atoms with Gasteiger partial charge in [0.1, 0.15) is 11.3 Å². The molecule has 0 amide bonds. The molecule has 1 aliphatic heterocycles. The van der Waals surface area contributed by atoms with Gasteiger partial charge in [0.05, 0.1) is 28.6 Å². The number of hydrogen-bond donors (Lipinski definition) is 1. The van der Waals surface area contributed by atoms with Crippen molar-refractivity contribution in [3.8, 4) is 0 Å². The summed E-state index contributed by atoms with van der Waals surface area (Å²) in [4.78, 5) is 23.4. The number of allylic oxidation sites excluding steroid dienone is 1. The summed E-state index contributed by atoms with van der Waals surface area (Å²) in [5.74, 6) is 0.721. The summed E-state index contributed by atoms with van der Waals surface area (Å²) in [5.41, 5.74) is 6.48. The number of rotatable bonds is 8. The highest BCUT2D eigenvalue weighted by molar-refractivity contribution is 5.95. The van der Waals surface area contributed by atoms with E-state index in [1.54, 1.807) is 7.11 Å². The molecule has 3 heterocycles. The zero-order valence-electron chi connectivity index (χ0n) is 25.2. The van der Waals surface area contributed by atoms with Gasteiger partial charge < -0.3 is 10.5 Å². The molecule has 0 spiro atoms. The van der Waals surface area contributed by atoms with Gasteiger partial charge in [-0.3, -0.25) is 4.99 Å². The first kappa shape index (κ1) is 31.9. The largest absolute Gasteiger partial charge is 0.405 e. The van der Waals surface area contributed by atoms with E-state index < -0.39 is 17.0 Å². The Morgan fingerprint density at radius 2 is 1.70 bits per heavy atom. The number of fused-ring (bicyclic) bond motifs is 2. The summed E-state index contributed by atoms with van der Waals surface area (Å²) in [5, 5.41) is 0. The molecule has 0 bridgehead atoms. The number of ether oxygens (including phenoxy) is 1. The van der Waals surface area contributed by atoms with Gasteiger partial charge in [0, 0.05) is 30.7 Å². The molecule has 10 heteroatoms. The van der Waals surface area contributed by atoms with E-state index in [4.69, 9.17) is 20.4 Å². The van der Waals surface area contributed by atoms with Crippen molar-refractivity contribution in [3.63, 3.8) is 0 Å². The standard InChI is InChI=1S/C26H33F3N6O.2C2H6/c1-5-16(11-19(36-4)17-7-9-31-18(10-17)6-8-30)22-34-21(24-12-25(24,13-24)26(27,28)29)20-23(35-22)33-15(3)14(2)32-20;2*1-2/h6,8,16-17,19H,5,7,9-13,30H2,1-4H3;2*1-2H3/b8-6-;;. The van der Waals surface area contributed by atoms with Crippen molar-refractivity contribution in [2.24, 2.45) is 22.1 Å². The average Bonchev–Trinajstić information content (AvgIpc) is 3.81. The number of aryl methyl sites for hydroxylation is 2. The fraction of sp³-hybridized carbons (Fsp3) is 0.700. The lowest BCUT2D eigenvalue weighted by Gasteiger charge is -2.30. The summed E-state index contributed by atoms with van der Waals surface area (Å²) in [7, 11) is 1.71. The Balaban J connectivity index is 0.00000106. The minimum absolute atomic E-state index is 0.0607. The first-order valence-electron chi connectivity index (χ1n) is 14.6. The van der Waals surface area contributed by atoms with Crippen molar-refractivity contribution in [1.29, 1.82) is 0 Å². The van der Waals surface area contributed by atoms with Crippen LogP contribution in [0.1, 0.15) is 102 Å². The highest BCUT2D eigenvalue weighted by Gasteiger charge is 2.94. The van der Waals surface area contributed by atoms with Crippen molar-refractivity contribution in [2.75, 3.05) is 13.7 Å². The van der Waals surface area contributed by atoms with Gasteiger partial charge in [-0.15, -0.1) is 0 Å². The molecule has 0 radical (unpaired) electrons. The van der Waals surface area contributed by atoms with Crippen LogP contribution >= 0.6 is 0 Å². The summed E-state index contributed by atoms with van der Waals surface area (Å²) in [6.07, 6.45) is 2.23. The molecule has 3 unspecified atom stereocenters. The van der Waals surface area contributed by atoms with Gasteiger partial charge in [0.2, 0.25) is 0 Å². The topological polar surface area (TPSA) is 99.2 Å². The molecule has 0 aromatic carbocycles. The SMILES string of the molecule is CC.CC.CCC(CC(OC)C1CCN=C(/C=C\N)C1)c1nc(C23CC2(C(F)(F)F)C3)c2nc(C)c(C)nc2n1. The number of aliphatic imine (C=N–C) groups is 1. The van der Waals surface area contributed by atoms with Crippen LogP contribution in [0.2, 0.25) is 0 Å². The summed E-state index contributed by atoms with van der Waals surface area (Å²) in [6, 6.07) is 0. The molecule has 0 saturated heterocycles. The van der Waals surface area contributed by atoms with E-state index in [2.05, 4.69) is 15.0 Å². The lowest BCUT2D eigenvalue weighted by atomic mass is 9.84. The van der Waals surface area contributed by atoms with Crippen molar-refractivity contribution in [3.05, 3.63) is 35.2 Å². The van der Waals surface area contributed by atoms with Gasteiger partial charge >= 0.3 is 6.18 Å². The minimum atomic E-state index is -4.25. The monoisotopic (exact) mass is 562 g/mol. The van der Waals surface area contributed by atoms with Gasteiger partial charge in [-0.05, 0) is 70.6 Å². The van der Waals surface area contributed by atoms with E-state index >= 15 is 0 Å². The molecule has 2 N–H and O–H groups in total. The molecule has 2 aromatic rings. The minimum Gasteiger partial charge on any atom is -0.405 e. The number of methoxy groups -OCH3 is 1. The van der Waals surface area contributed by atoms with Crippen molar-refractivity contribution in [1.82, 2.24) is 19.9 Å². The van der Waals surface area contributed by atoms with E-state index in [1.165, 1.54) is 6.20 Å². The maximum atomic E-state index is 13.9. The number of nitrogens with zero attached hydrogens (tertiary/aromatic N) is 5. The highest BCUT2D eigenvalue weighted by Crippen LogP contribution is 2.90. The molecule has 2 aliphatic carbocycles. The predicted molar refractivity (Wildman–Crippen MR) is 153 cm³/mol. The Bertz CT molecular complexity index is 1240. The van der Waals surface area contributed by atoms with Gasteiger partial charge in [0.15, 0.2) is 5.65 Å². The van der Waals surface area contributed by atoms with Crippen LogP contribution in [0.4, 0.5) is 13.2 Å². The number of hydrogen-bond acceptors (Lipinski definition) is 7. The normalized spacial score (nSPS) is 26.6. The maximum Gasteiger partial charge on any atom is 0.395 e. The molecule has 3 aliphatic rings. The van der Waals surface area contributed by atoms with E-state index in [0.717, 1.165) is 25.0 Å². The van der Waals surface area contributed by atoms with E-state index in [-0.39, 0.29) is 30.8 Å². The molecular formula is C30H45F3N6O. The first-order valence-corrected chi connectivity index (χ1v) is 14.6. The fourth-order valence-electron chi connectivity index (χ4n) is 5.98. The van der Waals surface area contributed by atoms with Gasteiger partial charge in [-0.1, -0.05) is 34.6 Å². The predicted octanol–water partition coefficient (Wildman–Crippen LogP) is 6.91. The quantitative estimate of drug-likeness (QED) is 0.376. The molecule has 40 heavy (non-hydrogen) atoms. The molecule has 2 saturated carbocycles. The molecule has 5 rings (SSSR count). The number of alkyl halides is 3. The number of halogens is 3. The van der Waals surface area contributed by atoms with Crippen LogP contribution in [0.15, 0.2) is 17.3 Å². The van der Waals surface area contributed by atoms with Crippen LogP contribution in [0.25, 0.3) is 11.2 Å². The van der Waals surface area contributed by atoms with Crippen LogP contribution in [0.5, 0.6) is 0 Å². The summed E-state index contributed by atoms with van der Waals surface area (Å²) in [6.45, 7) is 14.4. The molecular weight excluding hydrogens is 517 g/mol. The third kappa shape index (κ3) is 5.60. The smallest absolute Gasteiger partial charge is 0.395 e. The second-order valence-corrected chi connectivity index (χ2v) is 10.6. The first-order chi connectivity index (χ1) is 19.1. The second kappa shape index (κ2) is 12.5. The Hall–Kier alpha value is -2.62. The Morgan fingerprint density at radius 3 is 2.25 bits per heavy atom. The van der Waals surface area contributed by atoms with Crippen molar-refractivity contribution >= 4 is 16.9 Å². The number of aromatic nitrogens is 4. The maximum absolute atomic E-state index is 13.9. The molecule has 2 fully saturated rings. The molecule has 222 valence electrons. The van der Waals surface area contributed by atoms with Crippen LogP contribution in [0.3, 0.4) is 0 Å². The Labute approximate surface area is 236 Å².